The zero-order valence-corrected chi connectivity index (χ0v) is 34.3. The number of aliphatic hydroxyl groups is 1. The summed E-state index contributed by atoms with van der Waals surface area (Å²) in [6, 6.07) is 24.0. The van der Waals surface area contributed by atoms with Crippen molar-refractivity contribution in [3.05, 3.63) is 128 Å². The van der Waals surface area contributed by atoms with Crippen molar-refractivity contribution in [2.75, 3.05) is 32.9 Å². The van der Waals surface area contributed by atoms with Gasteiger partial charge in [-0.3, -0.25) is 14.6 Å². The van der Waals surface area contributed by atoms with Gasteiger partial charge in [-0.05, 0) is 83.8 Å². The van der Waals surface area contributed by atoms with Crippen LogP contribution >= 0.6 is 0 Å². The fraction of sp³-hybridized carbons (Fsp3) is 0.271. The molecule has 318 valence electrons. The zero-order valence-electron chi connectivity index (χ0n) is 34.3. The van der Waals surface area contributed by atoms with E-state index in [2.05, 4.69) is 5.32 Å². The van der Waals surface area contributed by atoms with Crippen molar-refractivity contribution in [3.63, 3.8) is 0 Å². The van der Waals surface area contributed by atoms with Gasteiger partial charge in [-0.1, -0.05) is 25.1 Å². The van der Waals surface area contributed by atoms with Gasteiger partial charge in [0.2, 0.25) is 12.5 Å². The Morgan fingerprint density at radius 2 is 1.65 bits per heavy atom. The number of nitrogens with one attached hydrogen (secondary N) is 1. The Morgan fingerprint density at radius 1 is 0.921 bits per heavy atom. The number of aliphatic imine (C=N–C) groups is 1. The largest absolute Gasteiger partial charge is 0.502 e. The smallest absolute Gasteiger partial charge is 0.343 e. The molecule has 0 saturated carbocycles. The molecule has 0 amide bonds. The number of anilines is 1. The van der Waals surface area contributed by atoms with Gasteiger partial charge in [0.05, 0.1) is 67.5 Å². The van der Waals surface area contributed by atoms with Gasteiger partial charge in [0.1, 0.15) is 6.61 Å². The Hall–Kier alpha value is -7.39. The lowest BCUT2D eigenvalue weighted by Gasteiger charge is -2.40. The Balaban J connectivity index is 0.938. The molecule has 1 fully saturated rings. The summed E-state index contributed by atoms with van der Waals surface area (Å²) < 4.78 is 35.3. The molecule has 2 aromatic heterocycles. The quantitative estimate of drug-likeness (QED) is 0.113. The number of rotatable bonds is 8. The van der Waals surface area contributed by atoms with E-state index in [0.29, 0.717) is 39.7 Å². The molecule has 5 atom stereocenters. The summed E-state index contributed by atoms with van der Waals surface area (Å²) in [6.45, 7) is 1.96. The van der Waals surface area contributed by atoms with E-state index in [1.54, 1.807) is 35.9 Å². The molecule has 0 unspecified atom stereocenters. The van der Waals surface area contributed by atoms with Crippen molar-refractivity contribution in [1.29, 1.82) is 0 Å². The molecule has 15 heteroatoms. The first-order valence-electron chi connectivity index (χ1n) is 20.6. The Morgan fingerprint density at radius 3 is 2.38 bits per heavy atom. The maximum Gasteiger partial charge on any atom is 0.343 e. The van der Waals surface area contributed by atoms with Crippen molar-refractivity contribution in [1.82, 2.24) is 9.55 Å². The van der Waals surface area contributed by atoms with E-state index in [0.717, 1.165) is 33.3 Å². The highest BCUT2D eigenvalue weighted by Crippen LogP contribution is 2.56. The van der Waals surface area contributed by atoms with E-state index in [9.17, 15) is 24.6 Å². The van der Waals surface area contributed by atoms with Crippen molar-refractivity contribution in [3.8, 4) is 40.1 Å². The van der Waals surface area contributed by atoms with Crippen LogP contribution in [0.1, 0.15) is 64.2 Å². The predicted octanol–water partition coefficient (Wildman–Crippen LogP) is 6.37. The second kappa shape index (κ2) is 14.3. The number of hydrogen-bond donors (Lipinski definition) is 3. The minimum absolute atomic E-state index is 0.0503. The first kappa shape index (κ1) is 38.5. The molecule has 5 aliphatic rings. The van der Waals surface area contributed by atoms with E-state index >= 15 is 0 Å². The molecule has 3 N–H and O–H groups in total. The number of aromatic hydroxyl groups is 1. The summed E-state index contributed by atoms with van der Waals surface area (Å²) in [5, 5.41) is 26.7. The van der Waals surface area contributed by atoms with Crippen LogP contribution in [0.3, 0.4) is 0 Å². The van der Waals surface area contributed by atoms with E-state index in [1.165, 1.54) is 14.2 Å². The maximum atomic E-state index is 13.9. The lowest BCUT2D eigenvalue weighted by Crippen LogP contribution is -2.44. The SMILES string of the molecule is CC[C@@]1(O)C(=O)OCc2c1cc1n(c2=O)Cc2c-1nc1ccccc1c2C=Nc1ccc(N[C@@H]2c3cc4c(cc3[C@@H](c3cc(OC)c(O)c(OC)c3)[C@H]3C(=O)OC[C@@H]32)OCO4)cc1. The number of carbonyl (C=O) groups is 2. The number of nitrogens with zero attached hydrogens (tertiary/aromatic N) is 3. The molecule has 15 nitrogen and oxygen atoms in total. The maximum absolute atomic E-state index is 13.9. The number of cyclic esters (lactones) is 2. The van der Waals surface area contributed by atoms with Crippen molar-refractivity contribution in [2.45, 2.75) is 44.1 Å². The topological polar surface area (TPSA) is 189 Å². The van der Waals surface area contributed by atoms with E-state index in [-0.39, 0.29) is 84.8 Å². The average molecular weight is 849 g/mol. The second-order valence-corrected chi connectivity index (χ2v) is 16.3. The van der Waals surface area contributed by atoms with Crippen LogP contribution < -0.4 is 29.8 Å². The van der Waals surface area contributed by atoms with E-state index in [1.807, 2.05) is 60.7 Å². The molecule has 0 radical (unpaired) electrons. The number of benzene rings is 4. The predicted molar refractivity (Wildman–Crippen MR) is 228 cm³/mol. The second-order valence-electron chi connectivity index (χ2n) is 16.3. The normalized spacial score (nSPS) is 22.5. The zero-order chi connectivity index (χ0) is 43.3. The number of pyridine rings is 2. The number of aromatic nitrogens is 2. The highest BCUT2D eigenvalue weighted by Gasteiger charge is 2.53. The molecule has 63 heavy (non-hydrogen) atoms. The molecule has 11 rings (SSSR count). The van der Waals surface area contributed by atoms with Crippen LogP contribution in [0.15, 0.2) is 88.6 Å². The van der Waals surface area contributed by atoms with Crippen LogP contribution in [0, 0.1) is 11.8 Å². The molecule has 1 aliphatic carbocycles. The minimum atomic E-state index is -1.93. The molecule has 1 saturated heterocycles. The molecule has 4 aromatic carbocycles. The molecule has 6 heterocycles. The van der Waals surface area contributed by atoms with Crippen LogP contribution in [0.2, 0.25) is 0 Å². The highest BCUT2D eigenvalue weighted by molar-refractivity contribution is 6.03. The number of phenols is 1. The van der Waals surface area contributed by atoms with Crippen LogP contribution in [-0.2, 0) is 37.8 Å². The van der Waals surface area contributed by atoms with Gasteiger partial charge in [-0.2, -0.15) is 0 Å². The number of fused-ring (bicyclic) bond motifs is 8. The van der Waals surface area contributed by atoms with Crippen molar-refractivity contribution >= 4 is 40.4 Å². The lowest BCUT2D eigenvalue weighted by atomic mass is 9.65. The summed E-state index contributed by atoms with van der Waals surface area (Å²) in [5.41, 5.74) is 5.58. The number of hydrogen-bond acceptors (Lipinski definition) is 14. The van der Waals surface area contributed by atoms with Crippen LogP contribution in [0.5, 0.6) is 28.7 Å². The molecule has 0 bridgehead atoms. The third-order valence-electron chi connectivity index (χ3n) is 13.2. The summed E-state index contributed by atoms with van der Waals surface area (Å²) in [4.78, 5) is 50.2. The van der Waals surface area contributed by atoms with Gasteiger partial charge in [-0.15, -0.1) is 0 Å². The van der Waals surface area contributed by atoms with Gasteiger partial charge < -0.3 is 48.5 Å². The summed E-state index contributed by atoms with van der Waals surface area (Å²) in [5.74, 6) is -0.978. The van der Waals surface area contributed by atoms with Crippen molar-refractivity contribution in [2.24, 2.45) is 16.8 Å². The third kappa shape index (κ3) is 5.79. The average Bonchev–Trinajstić information content (AvgIpc) is 4.03. The standard InChI is InChI=1S/C48H40N4O11/c1-4-48(57)33-17-35-43-30(19-52(35)45(54)31(33)20-61-47(48)56)29(26-7-5-6-8-34(26)51-43)18-49-24-9-11-25(12-10-24)50-42-28-16-37-36(62-22-63-37)15-27(28)40(41-32(42)21-60-46(41)55)23-13-38(58-2)44(53)39(14-23)59-3/h5-18,32,40-42,50,53,57H,4,19-22H2,1-3H3/t32-,40+,41-,42+,48-/m0/s1. The van der Waals surface area contributed by atoms with Gasteiger partial charge in [0.25, 0.3) is 5.56 Å². The fourth-order valence-electron chi connectivity index (χ4n) is 10.0. The number of carbonyl (C=O) groups excluding carboxylic acids is 2. The van der Waals surface area contributed by atoms with Crippen LogP contribution in [0.25, 0.3) is 22.3 Å². The Kier molecular flexibility index (Phi) is 8.77. The lowest BCUT2D eigenvalue weighted by molar-refractivity contribution is -0.172. The third-order valence-corrected chi connectivity index (χ3v) is 13.2. The summed E-state index contributed by atoms with van der Waals surface area (Å²) in [6.07, 6.45) is 1.84. The van der Waals surface area contributed by atoms with E-state index < -0.39 is 23.4 Å². The van der Waals surface area contributed by atoms with Gasteiger partial charge in [0.15, 0.2) is 28.6 Å². The fourth-order valence-corrected chi connectivity index (χ4v) is 10.0. The monoisotopic (exact) mass is 848 g/mol. The molecule has 4 aliphatic heterocycles. The number of esters is 2. The first-order valence-corrected chi connectivity index (χ1v) is 20.6. The van der Waals surface area contributed by atoms with Gasteiger partial charge in [-0.25, -0.2) is 9.78 Å². The molecular weight excluding hydrogens is 809 g/mol. The Bertz CT molecular complexity index is 3010. The molecular formula is C48H40N4O11. The summed E-state index contributed by atoms with van der Waals surface area (Å²) in [7, 11) is 2.93. The Labute approximate surface area is 359 Å². The summed E-state index contributed by atoms with van der Waals surface area (Å²) >= 11 is 0. The van der Waals surface area contributed by atoms with Crippen molar-refractivity contribution < 1.29 is 48.2 Å². The number of para-hydroxylation sites is 1. The van der Waals surface area contributed by atoms with Gasteiger partial charge >= 0.3 is 11.9 Å². The number of ether oxygens (including phenoxy) is 6. The van der Waals surface area contributed by atoms with Gasteiger partial charge in [0, 0.05) is 45.8 Å². The number of phenolic OH excluding ortho intramolecular Hbond substituents is 1. The highest BCUT2D eigenvalue weighted by atomic mass is 16.7. The molecule has 6 aromatic rings. The number of methoxy groups -OCH3 is 2. The minimum Gasteiger partial charge on any atom is -0.502 e. The molecule has 0 spiro atoms. The first-order chi connectivity index (χ1) is 30.6. The van der Waals surface area contributed by atoms with Crippen LogP contribution in [0.4, 0.5) is 11.4 Å². The van der Waals surface area contributed by atoms with Crippen LogP contribution in [-0.4, -0.2) is 65.5 Å². The van der Waals surface area contributed by atoms with E-state index in [4.69, 9.17) is 38.4 Å².